The summed E-state index contributed by atoms with van der Waals surface area (Å²) in [5.74, 6) is 1.56. The van der Waals surface area contributed by atoms with Crippen LogP contribution in [0.15, 0.2) is 12.1 Å². The third kappa shape index (κ3) is 4.65. The minimum absolute atomic E-state index is 0.0814. The van der Waals surface area contributed by atoms with Gasteiger partial charge >= 0.3 is 0 Å². The van der Waals surface area contributed by atoms with E-state index >= 15 is 0 Å². The van der Waals surface area contributed by atoms with Crippen LogP contribution in [0.4, 0.5) is 0 Å². The highest BCUT2D eigenvalue weighted by Gasteiger charge is 2.24. The van der Waals surface area contributed by atoms with Crippen molar-refractivity contribution in [2.75, 3.05) is 40.4 Å². The first-order chi connectivity index (χ1) is 12.0. The summed E-state index contributed by atoms with van der Waals surface area (Å²) < 4.78 is 10.6. The van der Waals surface area contributed by atoms with Crippen molar-refractivity contribution in [1.29, 1.82) is 0 Å². The molecule has 0 bridgehead atoms. The summed E-state index contributed by atoms with van der Waals surface area (Å²) in [5.41, 5.74) is 1.94. The molecular formula is C19H28N2O4. The summed E-state index contributed by atoms with van der Waals surface area (Å²) in [4.78, 5) is 28.3. The first-order valence-electron chi connectivity index (χ1n) is 8.77. The van der Waals surface area contributed by atoms with Gasteiger partial charge < -0.3 is 19.3 Å². The number of nitrogens with zero attached hydrogens (tertiary/aromatic N) is 2. The normalized spacial score (nSPS) is 14.4. The van der Waals surface area contributed by atoms with Gasteiger partial charge in [0.15, 0.2) is 11.5 Å². The summed E-state index contributed by atoms with van der Waals surface area (Å²) >= 11 is 0. The quantitative estimate of drug-likeness (QED) is 0.789. The Morgan fingerprint density at radius 2 is 1.48 bits per heavy atom. The zero-order valence-corrected chi connectivity index (χ0v) is 15.6. The van der Waals surface area contributed by atoms with E-state index in [0.717, 1.165) is 17.5 Å². The van der Waals surface area contributed by atoms with Crippen LogP contribution in [0.3, 0.4) is 0 Å². The Bertz CT molecular complexity index is 622. The smallest absolute Gasteiger partial charge is 0.227 e. The van der Waals surface area contributed by atoms with Crippen LogP contribution in [0, 0.1) is 6.92 Å². The van der Waals surface area contributed by atoms with Gasteiger partial charge in [0, 0.05) is 32.6 Å². The SMILES string of the molecule is CCCC(=O)N1CCN(C(=O)Cc2cc(OC)c(OC)cc2C)CC1. The van der Waals surface area contributed by atoms with Crippen molar-refractivity contribution in [3.8, 4) is 11.5 Å². The van der Waals surface area contributed by atoms with E-state index in [1.54, 1.807) is 14.2 Å². The molecule has 6 heteroatoms. The zero-order valence-electron chi connectivity index (χ0n) is 15.6. The van der Waals surface area contributed by atoms with E-state index in [9.17, 15) is 9.59 Å². The maximum Gasteiger partial charge on any atom is 0.227 e. The van der Waals surface area contributed by atoms with E-state index < -0.39 is 0 Å². The van der Waals surface area contributed by atoms with Crippen molar-refractivity contribution < 1.29 is 19.1 Å². The Kier molecular flexibility index (Phi) is 6.67. The highest BCUT2D eigenvalue weighted by atomic mass is 16.5. The van der Waals surface area contributed by atoms with Crippen LogP contribution in [0.25, 0.3) is 0 Å². The molecule has 1 aliphatic rings. The Balaban J connectivity index is 1.98. The van der Waals surface area contributed by atoms with Gasteiger partial charge in [-0.2, -0.15) is 0 Å². The molecule has 1 aromatic rings. The fraction of sp³-hybridized carbons (Fsp3) is 0.579. The third-order valence-electron chi connectivity index (χ3n) is 4.63. The molecule has 1 aliphatic heterocycles. The molecule has 6 nitrogen and oxygen atoms in total. The van der Waals surface area contributed by atoms with E-state index in [1.807, 2.05) is 35.8 Å². The molecule has 0 N–H and O–H groups in total. The molecule has 0 aliphatic carbocycles. The number of ether oxygens (including phenoxy) is 2. The number of hydrogen-bond donors (Lipinski definition) is 0. The summed E-state index contributed by atoms with van der Waals surface area (Å²) in [6.07, 6.45) is 1.77. The number of amides is 2. The van der Waals surface area contributed by atoms with Crippen molar-refractivity contribution in [3.05, 3.63) is 23.3 Å². The van der Waals surface area contributed by atoms with Gasteiger partial charge in [0.1, 0.15) is 0 Å². The first-order valence-corrected chi connectivity index (χ1v) is 8.77. The number of benzene rings is 1. The second kappa shape index (κ2) is 8.74. The van der Waals surface area contributed by atoms with Crippen molar-refractivity contribution in [1.82, 2.24) is 9.80 Å². The van der Waals surface area contributed by atoms with Gasteiger partial charge in [0.25, 0.3) is 0 Å². The Hall–Kier alpha value is -2.24. The molecule has 0 aromatic heterocycles. The number of piperazine rings is 1. The minimum atomic E-state index is 0.0814. The van der Waals surface area contributed by atoms with Crippen molar-refractivity contribution in [3.63, 3.8) is 0 Å². The Labute approximate surface area is 149 Å². The lowest BCUT2D eigenvalue weighted by atomic mass is 10.0. The topological polar surface area (TPSA) is 59.1 Å². The minimum Gasteiger partial charge on any atom is -0.493 e. The summed E-state index contributed by atoms with van der Waals surface area (Å²) in [6.45, 7) is 6.40. The second-order valence-electron chi connectivity index (χ2n) is 6.32. The Morgan fingerprint density at radius 1 is 0.960 bits per heavy atom. The third-order valence-corrected chi connectivity index (χ3v) is 4.63. The van der Waals surface area contributed by atoms with Crippen molar-refractivity contribution >= 4 is 11.8 Å². The van der Waals surface area contributed by atoms with Crippen LogP contribution >= 0.6 is 0 Å². The molecule has 2 rings (SSSR count). The molecule has 0 unspecified atom stereocenters. The van der Waals surface area contributed by atoms with Gasteiger partial charge in [0.05, 0.1) is 20.6 Å². The highest BCUT2D eigenvalue weighted by molar-refractivity contribution is 5.80. The molecular weight excluding hydrogens is 320 g/mol. The van der Waals surface area contributed by atoms with Gasteiger partial charge in [-0.15, -0.1) is 0 Å². The largest absolute Gasteiger partial charge is 0.493 e. The summed E-state index contributed by atoms with van der Waals surface area (Å²) in [5, 5.41) is 0. The lowest BCUT2D eigenvalue weighted by Gasteiger charge is -2.35. The zero-order chi connectivity index (χ0) is 18.4. The van der Waals surface area contributed by atoms with Crippen LogP contribution in [-0.4, -0.2) is 62.0 Å². The standard InChI is InChI=1S/C19H28N2O4/c1-5-6-18(22)20-7-9-21(10-8-20)19(23)13-15-12-17(25-4)16(24-3)11-14(15)2/h11-12H,5-10,13H2,1-4H3. The molecule has 0 atom stereocenters. The fourth-order valence-electron chi connectivity index (χ4n) is 3.07. The molecule has 0 spiro atoms. The van der Waals surface area contributed by atoms with Crippen molar-refractivity contribution in [2.45, 2.75) is 33.1 Å². The number of hydrogen-bond acceptors (Lipinski definition) is 4. The molecule has 138 valence electrons. The van der Waals surface area contributed by atoms with E-state index in [-0.39, 0.29) is 11.8 Å². The number of methoxy groups -OCH3 is 2. The number of carbonyl (C=O) groups excluding carboxylic acids is 2. The molecule has 1 fully saturated rings. The van der Waals surface area contributed by atoms with Gasteiger partial charge in [-0.1, -0.05) is 6.92 Å². The molecule has 0 saturated carbocycles. The molecule has 25 heavy (non-hydrogen) atoms. The Morgan fingerprint density at radius 3 is 2.00 bits per heavy atom. The number of aryl methyl sites for hydroxylation is 1. The van der Waals surface area contributed by atoms with Crippen LogP contribution in [0.1, 0.15) is 30.9 Å². The summed E-state index contributed by atoms with van der Waals surface area (Å²) in [7, 11) is 3.19. The van der Waals surface area contributed by atoms with E-state index in [2.05, 4.69) is 0 Å². The first kappa shape index (κ1) is 19.1. The van der Waals surface area contributed by atoms with Gasteiger partial charge in [-0.3, -0.25) is 9.59 Å². The van der Waals surface area contributed by atoms with Crippen molar-refractivity contribution in [2.24, 2.45) is 0 Å². The monoisotopic (exact) mass is 348 g/mol. The highest BCUT2D eigenvalue weighted by Crippen LogP contribution is 2.30. The maximum absolute atomic E-state index is 12.6. The molecule has 2 amide bonds. The van der Waals surface area contributed by atoms with Gasteiger partial charge in [-0.05, 0) is 36.6 Å². The number of carbonyl (C=O) groups is 2. The lowest BCUT2D eigenvalue weighted by Crippen LogP contribution is -2.50. The van der Waals surface area contributed by atoms with Crippen LogP contribution in [0.2, 0.25) is 0 Å². The number of rotatable bonds is 6. The van der Waals surface area contributed by atoms with Gasteiger partial charge in [-0.25, -0.2) is 0 Å². The average Bonchev–Trinajstić information content (AvgIpc) is 2.63. The fourth-order valence-corrected chi connectivity index (χ4v) is 3.07. The second-order valence-corrected chi connectivity index (χ2v) is 6.32. The predicted octanol–water partition coefficient (Wildman–Crippen LogP) is 2.03. The van der Waals surface area contributed by atoms with Gasteiger partial charge in [0.2, 0.25) is 11.8 Å². The van der Waals surface area contributed by atoms with Crippen LogP contribution in [0.5, 0.6) is 11.5 Å². The lowest BCUT2D eigenvalue weighted by molar-refractivity contribution is -0.139. The van der Waals surface area contributed by atoms with Crippen LogP contribution in [-0.2, 0) is 16.0 Å². The average molecular weight is 348 g/mol. The molecule has 1 heterocycles. The van der Waals surface area contributed by atoms with E-state index in [1.165, 1.54) is 0 Å². The van der Waals surface area contributed by atoms with Crippen LogP contribution < -0.4 is 9.47 Å². The van der Waals surface area contributed by atoms with E-state index in [4.69, 9.17) is 9.47 Å². The molecule has 0 radical (unpaired) electrons. The molecule has 1 aromatic carbocycles. The van der Waals surface area contributed by atoms with E-state index in [0.29, 0.717) is 50.5 Å². The molecule has 1 saturated heterocycles. The maximum atomic E-state index is 12.6. The summed E-state index contributed by atoms with van der Waals surface area (Å²) in [6, 6.07) is 3.76. The predicted molar refractivity (Wildman–Crippen MR) is 96.1 cm³/mol.